The lowest BCUT2D eigenvalue weighted by Crippen LogP contribution is -2.23. The molecule has 0 radical (unpaired) electrons. The lowest BCUT2D eigenvalue weighted by molar-refractivity contribution is 0.0950. The fourth-order valence-corrected chi connectivity index (χ4v) is 2.03. The van der Waals surface area contributed by atoms with Gasteiger partial charge in [-0.05, 0) is 24.3 Å². The average molecular weight is 311 g/mol. The van der Waals surface area contributed by atoms with Crippen LogP contribution in [-0.2, 0) is 6.54 Å². The van der Waals surface area contributed by atoms with Crippen LogP contribution in [0, 0.1) is 0 Å². The van der Waals surface area contributed by atoms with Crippen LogP contribution >= 0.6 is 23.2 Å². The topological polar surface area (TPSA) is 51.2 Å². The van der Waals surface area contributed by atoms with E-state index < -0.39 is 0 Å². The van der Waals surface area contributed by atoms with E-state index in [1.165, 1.54) is 6.20 Å². The Morgan fingerprint density at radius 2 is 2.10 bits per heavy atom. The van der Waals surface area contributed by atoms with Gasteiger partial charge in [0.2, 0.25) is 0 Å². The van der Waals surface area contributed by atoms with E-state index in [4.69, 9.17) is 27.9 Å². The van der Waals surface area contributed by atoms with Crippen molar-refractivity contribution in [2.75, 3.05) is 7.11 Å². The van der Waals surface area contributed by atoms with Gasteiger partial charge in [-0.2, -0.15) is 0 Å². The number of aromatic nitrogens is 1. The van der Waals surface area contributed by atoms with Crippen molar-refractivity contribution in [2.24, 2.45) is 0 Å². The van der Waals surface area contributed by atoms with Gasteiger partial charge in [0.1, 0.15) is 10.9 Å². The summed E-state index contributed by atoms with van der Waals surface area (Å²) in [6, 6.07) is 8.49. The summed E-state index contributed by atoms with van der Waals surface area (Å²) in [6.45, 7) is 0.268. The Kier molecular flexibility index (Phi) is 4.82. The maximum Gasteiger partial charge on any atom is 0.253 e. The second-order valence-corrected chi connectivity index (χ2v) is 4.77. The third-order valence-electron chi connectivity index (χ3n) is 2.71. The van der Waals surface area contributed by atoms with Crippen LogP contribution in [0.15, 0.2) is 36.5 Å². The first-order valence-corrected chi connectivity index (χ1v) is 6.58. The minimum absolute atomic E-state index is 0.254. The van der Waals surface area contributed by atoms with Crippen LogP contribution in [0.3, 0.4) is 0 Å². The van der Waals surface area contributed by atoms with E-state index in [0.29, 0.717) is 21.5 Å². The highest BCUT2D eigenvalue weighted by Gasteiger charge is 2.10. The molecule has 0 aliphatic heterocycles. The maximum atomic E-state index is 12.0. The van der Waals surface area contributed by atoms with Gasteiger partial charge < -0.3 is 10.1 Å². The highest BCUT2D eigenvalue weighted by molar-refractivity contribution is 6.31. The van der Waals surface area contributed by atoms with E-state index in [0.717, 1.165) is 5.56 Å². The summed E-state index contributed by atoms with van der Waals surface area (Å²) in [7, 11) is 1.56. The minimum atomic E-state index is -0.254. The molecule has 0 atom stereocenters. The smallest absolute Gasteiger partial charge is 0.253 e. The molecule has 1 aromatic carbocycles. The second kappa shape index (κ2) is 6.59. The zero-order valence-electron chi connectivity index (χ0n) is 10.7. The minimum Gasteiger partial charge on any atom is -0.496 e. The Labute approximate surface area is 126 Å². The predicted octanol–water partition coefficient (Wildman–Crippen LogP) is 3.33. The number of ether oxygens (including phenoxy) is 1. The van der Waals surface area contributed by atoms with Crippen molar-refractivity contribution in [3.8, 4) is 5.75 Å². The largest absolute Gasteiger partial charge is 0.496 e. The first kappa shape index (κ1) is 14.6. The Balaban J connectivity index is 2.09. The number of carbonyl (C=O) groups excluding carboxylic acids is 1. The van der Waals surface area contributed by atoms with E-state index in [-0.39, 0.29) is 12.5 Å². The fourth-order valence-electron chi connectivity index (χ4n) is 1.68. The van der Waals surface area contributed by atoms with Gasteiger partial charge in [-0.15, -0.1) is 0 Å². The standard InChI is InChI=1S/C14H12Cl2N2O2/c1-20-12-4-2-3-11(15)10(12)8-18-14(19)9-5-6-13(16)17-7-9/h2-7H,8H2,1H3,(H,18,19). The SMILES string of the molecule is COc1cccc(Cl)c1CNC(=O)c1ccc(Cl)nc1. The molecule has 0 unspecified atom stereocenters. The van der Waals surface area contributed by atoms with Crippen molar-refractivity contribution in [3.05, 3.63) is 57.8 Å². The molecule has 0 saturated carbocycles. The molecular weight excluding hydrogens is 299 g/mol. The summed E-state index contributed by atoms with van der Waals surface area (Å²) >= 11 is 11.8. The number of hydrogen-bond donors (Lipinski definition) is 1. The molecular formula is C14H12Cl2N2O2. The Hall–Kier alpha value is -1.78. The van der Waals surface area contributed by atoms with Gasteiger partial charge >= 0.3 is 0 Å². The number of rotatable bonds is 4. The maximum absolute atomic E-state index is 12.0. The lowest BCUT2D eigenvalue weighted by Gasteiger charge is -2.11. The highest BCUT2D eigenvalue weighted by atomic mass is 35.5. The molecule has 104 valence electrons. The Morgan fingerprint density at radius 1 is 1.30 bits per heavy atom. The molecule has 2 aromatic rings. The predicted molar refractivity (Wildman–Crippen MR) is 78.4 cm³/mol. The number of benzene rings is 1. The van der Waals surface area contributed by atoms with Crippen LogP contribution in [0.5, 0.6) is 5.75 Å². The molecule has 2 rings (SSSR count). The van der Waals surface area contributed by atoms with Crippen LogP contribution in [0.4, 0.5) is 0 Å². The van der Waals surface area contributed by atoms with Crippen molar-refractivity contribution in [2.45, 2.75) is 6.54 Å². The molecule has 1 N–H and O–H groups in total. The number of carbonyl (C=O) groups is 1. The molecule has 0 saturated heterocycles. The molecule has 0 spiro atoms. The number of nitrogens with one attached hydrogen (secondary N) is 1. The molecule has 0 aliphatic rings. The number of pyridine rings is 1. The summed E-state index contributed by atoms with van der Waals surface area (Å²) in [6.07, 6.45) is 1.42. The Bertz CT molecular complexity index is 615. The molecule has 0 bridgehead atoms. The van der Waals surface area contributed by atoms with E-state index in [1.807, 2.05) is 0 Å². The zero-order chi connectivity index (χ0) is 14.5. The summed E-state index contributed by atoms with van der Waals surface area (Å²) in [5.41, 5.74) is 1.16. The van der Waals surface area contributed by atoms with Gasteiger partial charge in [0.25, 0.3) is 5.91 Å². The molecule has 1 amide bonds. The summed E-state index contributed by atoms with van der Waals surface area (Å²) in [5, 5.41) is 3.65. The van der Waals surface area contributed by atoms with Gasteiger partial charge in [-0.3, -0.25) is 4.79 Å². The van der Waals surface area contributed by atoms with E-state index in [1.54, 1.807) is 37.4 Å². The first-order valence-electron chi connectivity index (χ1n) is 5.83. The van der Waals surface area contributed by atoms with Crippen LogP contribution in [-0.4, -0.2) is 18.0 Å². The molecule has 1 aromatic heterocycles. The second-order valence-electron chi connectivity index (χ2n) is 3.97. The molecule has 4 nitrogen and oxygen atoms in total. The van der Waals surface area contributed by atoms with Gasteiger partial charge in [-0.1, -0.05) is 29.3 Å². The van der Waals surface area contributed by atoms with Crippen molar-refractivity contribution >= 4 is 29.1 Å². The van der Waals surface area contributed by atoms with E-state index in [9.17, 15) is 4.79 Å². The third-order valence-corrected chi connectivity index (χ3v) is 3.29. The van der Waals surface area contributed by atoms with Crippen molar-refractivity contribution in [1.82, 2.24) is 10.3 Å². The fraction of sp³-hybridized carbons (Fsp3) is 0.143. The van der Waals surface area contributed by atoms with Gasteiger partial charge in [-0.25, -0.2) is 4.98 Å². The van der Waals surface area contributed by atoms with Crippen LogP contribution < -0.4 is 10.1 Å². The molecule has 0 fully saturated rings. The van der Waals surface area contributed by atoms with Gasteiger partial charge in [0.15, 0.2) is 0 Å². The highest BCUT2D eigenvalue weighted by Crippen LogP contribution is 2.25. The van der Waals surface area contributed by atoms with E-state index >= 15 is 0 Å². The van der Waals surface area contributed by atoms with Crippen molar-refractivity contribution in [3.63, 3.8) is 0 Å². The van der Waals surface area contributed by atoms with Gasteiger partial charge in [0.05, 0.1) is 12.7 Å². The summed E-state index contributed by atoms with van der Waals surface area (Å²) < 4.78 is 5.21. The summed E-state index contributed by atoms with van der Waals surface area (Å²) in [4.78, 5) is 15.8. The lowest BCUT2D eigenvalue weighted by atomic mass is 10.2. The Morgan fingerprint density at radius 3 is 2.75 bits per heavy atom. The quantitative estimate of drug-likeness (QED) is 0.881. The van der Waals surface area contributed by atoms with Crippen molar-refractivity contribution in [1.29, 1.82) is 0 Å². The number of amides is 1. The normalized spacial score (nSPS) is 10.2. The zero-order valence-corrected chi connectivity index (χ0v) is 12.2. The van der Waals surface area contributed by atoms with E-state index in [2.05, 4.69) is 10.3 Å². The molecule has 0 aliphatic carbocycles. The monoisotopic (exact) mass is 310 g/mol. The van der Waals surface area contributed by atoms with Crippen LogP contribution in [0.25, 0.3) is 0 Å². The summed E-state index contributed by atoms with van der Waals surface area (Å²) in [5.74, 6) is 0.378. The third kappa shape index (κ3) is 3.40. The van der Waals surface area contributed by atoms with Crippen LogP contribution in [0.2, 0.25) is 10.2 Å². The first-order chi connectivity index (χ1) is 9.61. The van der Waals surface area contributed by atoms with Gasteiger partial charge in [0, 0.05) is 23.3 Å². The molecule has 6 heteroatoms. The van der Waals surface area contributed by atoms with Crippen LogP contribution in [0.1, 0.15) is 15.9 Å². The average Bonchev–Trinajstić information content (AvgIpc) is 2.46. The molecule has 20 heavy (non-hydrogen) atoms. The number of halogens is 2. The number of hydrogen-bond acceptors (Lipinski definition) is 3. The number of nitrogens with zero attached hydrogens (tertiary/aromatic N) is 1. The molecule has 1 heterocycles. The number of methoxy groups -OCH3 is 1. The van der Waals surface area contributed by atoms with Crippen molar-refractivity contribution < 1.29 is 9.53 Å².